The summed E-state index contributed by atoms with van der Waals surface area (Å²) in [5.41, 5.74) is 0. The average Bonchev–Trinajstić information content (AvgIpc) is 1.36. The Morgan fingerprint density at radius 2 is 1.50 bits per heavy atom. The van der Waals surface area contributed by atoms with Gasteiger partial charge >= 0.3 is 57.4 Å². The van der Waals surface area contributed by atoms with E-state index in [1.807, 2.05) is 0 Å². The zero-order valence-electron chi connectivity index (χ0n) is 4.38. The minimum atomic E-state index is -2.07. The molecule has 0 amide bonds. The fraction of sp³-hybridized carbons (Fsp3) is 0. The van der Waals surface area contributed by atoms with Gasteiger partial charge in [-0.2, -0.15) is 0 Å². The van der Waals surface area contributed by atoms with Gasteiger partial charge in [0.15, 0.2) is 5.97 Å². The summed E-state index contributed by atoms with van der Waals surface area (Å²) in [7, 11) is 0. The second-order valence-corrected chi connectivity index (χ2v) is 0.593. The molecule has 0 aliphatic rings. The molecule has 0 saturated carbocycles. The maximum Gasteiger partial charge on any atom is 1.00 e. The van der Waals surface area contributed by atoms with Crippen molar-refractivity contribution >= 4 is 11.9 Å². The van der Waals surface area contributed by atoms with Gasteiger partial charge in [-0.3, -0.25) is 0 Å². The Bertz CT molecular complexity index is 80.0. The van der Waals surface area contributed by atoms with Gasteiger partial charge in [-0.15, -0.1) is 0 Å². The normalized spacial score (nSPS) is 5.50. The van der Waals surface area contributed by atoms with Crippen molar-refractivity contribution in [2.45, 2.75) is 0 Å². The molecule has 0 rings (SSSR count). The Morgan fingerprint density at radius 3 is 1.50 bits per heavy atom. The summed E-state index contributed by atoms with van der Waals surface area (Å²) in [6.07, 6.45) is 0. The summed E-state index contributed by atoms with van der Waals surface area (Å²) in [6.45, 7) is 0. The molecule has 0 aliphatic heterocycles. The van der Waals surface area contributed by atoms with Crippen LogP contribution in [0.15, 0.2) is 0 Å². The molecule has 4 N–H and O–H groups in total. The van der Waals surface area contributed by atoms with E-state index in [9.17, 15) is 0 Å². The summed E-state index contributed by atoms with van der Waals surface area (Å²) in [5, 5.41) is 16.3. The zero-order valence-corrected chi connectivity index (χ0v) is 7.50. The molecule has 0 spiro atoms. The van der Waals surface area contributed by atoms with Crippen LogP contribution < -0.4 is 62.6 Å². The number of aliphatic carboxylic acids is 2. The predicted molar refractivity (Wildman–Crippen MR) is 17.7 cm³/mol. The third-order valence-corrected chi connectivity index (χ3v) is 0.175. The van der Waals surface area contributed by atoms with Crippen LogP contribution in [0.25, 0.3) is 0 Å². The molecule has 0 saturated heterocycles. The van der Waals surface area contributed by atoms with Gasteiger partial charge in [-0.05, 0) is 0 Å². The van der Waals surface area contributed by atoms with Gasteiger partial charge in [0.05, 0.1) is 0 Å². The van der Waals surface area contributed by atoms with Crippen molar-refractivity contribution in [1.29, 1.82) is 0 Å². The summed E-state index contributed by atoms with van der Waals surface area (Å²) in [4.78, 5) is 18.0. The van der Waals surface area contributed by atoms with E-state index in [2.05, 4.69) is 0 Å². The van der Waals surface area contributed by atoms with E-state index in [0.717, 1.165) is 0 Å². The number of carboxylic acids is 2. The van der Waals surface area contributed by atoms with Crippen LogP contribution in [0.2, 0.25) is 0 Å². The van der Waals surface area contributed by atoms with Gasteiger partial charge < -0.3 is 21.2 Å². The third-order valence-electron chi connectivity index (χ3n) is 0.175. The summed E-state index contributed by atoms with van der Waals surface area (Å²) in [5.74, 6) is -4.01. The van der Waals surface area contributed by atoms with Crippen LogP contribution in [-0.4, -0.2) is 17.0 Å². The average molecular weight is 145 g/mol. The van der Waals surface area contributed by atoms with Crippen molar-refractivity contribution in [1.82, 2.24) is 6.15 Å². The topological polar surface area (TPSA) is 112 Å². The SMILES string of the molecule is N.O=C([O-])C(=O)O.[K+]. The van der Waals surface area contributed by atoms with E-state index in [0.29, 0.717) is 0 Å². The first-order chi connectivity index (χ1) is 2.64. The van der Waals surface area contributed by atoms with Gasteiger partial charge in [0, 0.05) is 0 Å². The molecule has 0 aliphatic carbocycles. The summed E-state index contributed by atoms with van der Waals surface area (Å²) >= 11 is 0. The van der Waals surface area contributed by atoms with Gasteiger partial charge in [0.1, 0.15) is 0 Å². The van der Waals surface area contributed by atoms with Crippen LogP contribution in [0.1, 0.15) is 0 Å². The van der Waals surface area contributed by atoms with Crippen LogP contribution in [0.3, 0.4) is 0 Å². The Morgan fingerprint density at radius 1 is 1.38 bits per heavy atom. The van der Waals surface area contributed by atoms with Crippen LogP contribution >= 0.6 is 0 Å². The van der Waals surface area contributed by atoms with Crippen LogP contribution in [0, 0.1) is 0 Å². The number of carbonyl (C=O) groups is 2. The maximum absolute atomic E-state index is 9.04. The molecule has 0 aromatic rings. The third kappa shape index (κ3) is 9.74. The molecule has 0 atom stereocenters. The van der Waals surface area contributed by atoms with E-state index < -0.39 is 11.9 Å². The van der Waals surface area contributed by atoms with Crippen molar-refractivity contribution in [3.63, 3.8) is 0 Å². The van der Waals surface area contributed by atoms with Crippen LogP contribution in [0.5, 0.6) is 0 Å². The van der Waals surface area contributed by atoms with E-state index >= 15 is 0 Å². The summed E-state index contributed by atoms with van der Waals surface area (Å²) in [6, 6.07) is 0. The van der Waals surface area contributed by atoms with Crippen molar-refractivity contribution in [3.8, 4) is 0 Å². The number of carbonyl (C=O) groups excluding carboxylic acids is 1. The van der Waals surface area contributed by atoms with Crippen molar-refractivity contribution in [2.24, 2.45) is 0 Å². The first-order valence-corrected chi connectivity index (χ1v) is 1.09. The van der Waals surface area contributed by atoms with Crippen molar-refractivity contribution < 1.29 is 71.2 Å². The summed E-state index contributed by atoms with van der Waals surface area (Å²) < 4.78 is 0. The van der Waals surface area contributed by atoms with E-state index in [1.165, 1.54) is 0 Å². The van der Waals surface area contributed by atoms with E-state index in [4.69, 9.17) is 19.8 Å². The first kappa shape index (κ1) is 15.8. The number of carboxylic acid groups (broad SMARTS) is 2. The number of rotatable bonds is 0. The minimum absolute atomic E-state index is 0. The predicted octanol–water partition coefficient (Wildman–Crippen LogP) is -5.01. The largest absolute Gasteiger partial charge is 1.00 e. The molecule has 0 fully saturated rings. The van der Waals surface area contributed by atoms with Gasteiger partial charge in [0.2, 0.25) is 0 Å². The molecule has 0 aromatic heterocycles. The van der Waals surface area contributed by atoms with E-state index in [1.54, 1.807) is 0 Å². The maximum atomic E-state index is 9.04. The smallest absolute Gasteiger partial charge is 0.539 e. The van der Waals surface area contributed by atoms with Crippen LogP contribution in [0.4, 0.5) is 0 Å². The molecule has 0 unspecified atom stereocenters. The molecule has 8 heavy (non-hydrogen) atoms. The minimum Gasteiger partial charge on any atom is -0.539 e. The van der Waals surface area contributed by atoms with Crippen molar-refractivity contribution in [2.75, 3.05) is 0 Å². The first-order valence-electron chi connectivity index (χ1n) is 1.09. The quantitative estimate of drug-likeness (QED) is 0.262. The van der Waals surface area contributed by atoms with Gasteiger partial charge in [-0.1, -0.05) is 0 Å². The molecule has 0 heterocycles. The molecular formula is C2H4KNO4. The van der Waals surface area contributed by atoms with E-state index in [-0.39, 0.29) is 57.5 Å². The molecule has 6 heteroatoms. The Balaban J connectivity index is -0.000000125. The monoisotopic (exact) mass is 145 g/mol. The molecule has 0 bridgehead atoms. The molecule has 0 aromatic carbocycles. The molecule has 5 nitrogen and oxygen atoms in total. The van der Waals surface area contributed by atoms with Gasteiger partial charge in [0.25, 0.3) is 0 Å². The Hall–Kier alpha value is 0.536. The second kappa shape index (κ2) is 7.54. The fourth-order valence-electron chi connectivity index (χ4n) is 0. The fourth-order valence-corrected chi connectivity index (χ4v) is 0. The Kier molecular flexibility index (Phi) is 14.9. The molecular weight excluding hydrogens is 141 g/mol. The van der Waals surface area contributed by atoms with Crippen molar-refractivity contribution in [3.05, 3.63) is 0 Å². The van der Waals surface area contributed by atoms with Gasteiger partial charge in [-0.25, -0.2) is 4.79 Å². The molecule has 0 radical (unpaired) electrons. The van der Waals surface area contributed by atoms with Crippen LogP contribution in [-0.2, 0) is 9.59 Å². The standard InChI is InChI=1S/C2H2O4.K.H3N/c3-1(4)2(5)6;;/h(H,3,4)(H,5,6);;1H3/q;+1;/p-1. The number of hydrogen-bond acceptors (Lipinski definition) is 4. The zero-order chi connectivity index (χ0) is 5.15. The number of hydrogen-bond donors (Lipinski definition) is 2. The second-order valence-electron chi connectivity index (χ2n) is 0.593. The Labute approximate surface area is 88.1 Å². The molecule has 42 valence electrons.